The van der Waals surface area contributed by atoms with Gasteiger partial charge in [-0.3, -0.25) is 9.59 Å². The summed E-state index contributed by atoms with van der Waals surface area (Å²) in [5.41, 5.74) is 0. The molecule has 1 fully saturated rings. The van der Waals surface area contributed by atoms with Gasteiger partial charge in [0.1, 0.15) is 13.0 Å². The van der Waals surface area contributed by atoms with Crippen molar-refractivity contribution in [1.82, 2.24) is 9.80 Å². The molecule has 1 saturated heterocycles. The minimum absolute atomic E-state index is 0.0372. The van der Waals surface area contributed by atoms with E-state index in [0.29, 0.717) is 39.4 Å². The fourth-order valence-corrected chi connectivity index (χ4v) is 1.99. The zero-order chi connectivity index (χ0) is 14.8. The summed E-state index contributed by atoms with van der Waals surface area (Å²) in [6, 6.07) is 1.86. The SMILES string of the molecule is COCCOCC(=O)N1CCCN(C(=O)CC#N)CC1. The minimum atomic E-state index is -0.168. The average Bonchev–Trinajstić information content (AvgIpc) is 2.69. The number of methoxy groups -OCH3 is 1. The van der Waals surface area contributed by atoms with Gasteiger partial charge >= 0.3 is 0 Å². The number of carbonyl (C=O) groups is 2. The molecule has 1 heterocycles. The van der Waals surface area contributed by atoms with Gasteiger partial charge < -0.3 is 19.3 Å². The van der Waals surface area contributed by atoms with Crippen molar-refractivity contribution in [1.29, 1.82) is 5.26 Å². The Morgan fingerprint density at radius 3 is 2.35 bits per heavy atom. The van der Waals surface area contributed by atoms with Crippen LogP contribution in [0.3, 0.4) is 0 Å². The van der Waals surface area contributed by atoms with Crippen LogP contribution in [0.4, 0.5) is 0 Å². The molecule has 1 aliphatic heterocycles. The van der Waals surface area contributed by atoms with Gasteiger partial charge in [-0.1, -0.05) is 0 Å². The molecule has 112 valence electrons. The first kappa shape index (κ1) is 16.4. The number of rotatable bonds is 6. The normalized spacial score (nSPS) is 15.6. The molecule has 0 bridgehead atoms. The molecule has 0 aromatic rings. The molecule has 0 radical (unpaired) electrons. The van der Waals surface area contributed by atoms with Crippen LogP contribution in [0.2, 0.25) is 0 Å². The third-order valence-electron chi connectivity index (χ3n) is 3.09. The lowest BCUT2D eigenvalue weighted by Gasteiger charge is -2.21. The molecule has 1 aliphatic rings. The maximum absolute atomic E-state index is 11.9. The van der Waals surface area contributed by atoms with E-state index in [4.69, 9.17) is 14.7 Å². The van der Waals surface area contributed by atoms with E-state index in [1.807, 2.05) is 6.07 Å². The number of amides is 2. The van der Waals surface area contributed by atoms with E-state index in [1.54, 1.807) is 16.9 Å². The summed E-state index contributed by atoms with van der Waals surface area (Å²) in [7, 11) is 1.58. The monoisotopic (exact) mass is 283 g/mol. The van der Waals surface area contributed by atoms with Crippen LogP contribution in [0.1, 0.15) is 12.8 Å². The van der Waals surface area contributed by atoms with Crippen molar-refractivity contribution in [2.75, 3.05) is 53.1 Å². The molecular weight excluding hydrogens is 262 g/mol. The van der Waals surface area contributed by atoms with E-state index in [0.717, 1.165) is 6.42 Å². The molecule has 0 N–H and O–H groups in total. The number of nitrogens with zero attached hydrogens (tertiary/aromatic N) is 3. The van der Waals surface area contributed by atoms with E-state index < -0.39 is 0 Å². The van der Waals surface area contributed by atoms with Crippen molar-refractivity contribution >= 4 is 11.8 Å². The summed E-state index contributed by atoms with van der Waals surface area (Å²) in [5.74, 6) is -0.242. The van der Waals surface area contributed by atoms with E-state index in [-0.39, 0.29) is 24.8 Å². The van der Waals surface area contributed by atoms with E-state index in [2.05, 4.69) is 0 Å². The number of nitriles is 1. The first-order chi connectivity index (χ1) is 9.69. The molecule has 7 nitrogen and oxygen atoms in total. The van der Waals surface area contributed by atoms with Crippen LogP contribution >= 0.6 is 0 Å². The summed E-state index contributed by atoms with van der Waals surface area (Å²) >= 11 is 0. The highest BCUT2D eigenvalue weighted by Crippen LogP contribution is 2.05. The van der Waals surface area contributed by atoms with Crippen LogP contribution in [-0.2, 0) is 19.1 Å². The smallest absolute Gasteiger partial charge is 0.248 e. The Hall–Kier alpha value is -1.65. The summed E-state index contributed by atoms with van der Waals surface area (Å²) in [6.45, 7) is 3.06. The molecule has 0 unspecified atom stereocenters. The van der Waals surface area contributed by atoms with Gasteiger partial charge in [0.2, 0.25) is 11.8 Å². The van der Waals surface area contributed by atoms with Crippen molar-refractivity contribution in [3.8, 4) is 6.07 Å². The Labute approximate surface area is 119 Å². The Bertz CT molecular complexity index is 367. The van der Waals surface area contributed by atoms with Gasteiger partial charge in [0.05, 0.1) is 19.3 Å². The molecule has 7 heteroatoms. The second-order valence-electron chi connectivity index (χ2n) is 4.50. The molecule has 0 aliphatic carbocycles. The van der Waals surface area contributed by atoms with Crippen LogP contribution in [-0.4, -0.2) is 74.7 Å². The van der Waals surface area contributed by atoms with Crippen LogP contribution < -0.4 is 0 Å². The van der Waals surface area contributed by atoms with E-state index in [9.17, 15) is 9.59 Å². The maximum Gasteiger partial charge on any atom is 0.248 e. The zero-order valence-corrected chi connectivity index (χ0v) is 11.8. The lowest BCUT2D eigenvalue weighted by atomic mass is 10.3. The first-order valence-corrected chi connectivity index (χ1v) is 6.68. The Balaban J connectivity index is 2.34. The lowest BCUT2D eigenvalue weighted by Crippen LogP contribution is -2.38. The van der Waals surface area contributed by atoms with Crippen LogP contribution in [0.25, 0.3) is 0 Å². The zero-order valence-electron chi connectivity index (χ0n) is 11.8. The quantitative estimate of drug-likeness (QED) is 0.621. The molecule has 1 rings (SSSR count). The van der Waals surface area contributed by atoms with Gasteiger partial charge in [0, 0.05) is 33.3 Å². The molecule has 0 atom stereocenters. The standard InChI is InChI=1S/C13H21N3O4/c1-19-9-10-20-11-13(18)16-6-2-5-15(7-8-16)12(17)3-4-14/h2-3,5-11H2,1H3. The van der Waals surface area contributed by atoms with Crippen molar-refractivity contribution in [3.63, 3.8) is 0 Å². The van der Waals surface area contributed by atoms with Crippen molar-refractivity contribution < 1.29 is 19.1 Å². The molecular formula is C13H21N3O4. The molecule has 0 aromatic carbocycles. The third-order valence-corrected chi connectivity index (χ3v) is 3.09. The van der Waals surface area contributed by atoms with Gasteiger partial charge in [-0.25, -0.2) is 0 Å². The fourth-order valence-electron chi connectivity index (χ4n) is 1.99. The third kappa shape index (κ3) is 5.55. The molecule has 0 aromatic heterocycles. The largest absolute Gasteiger partial charge is 0.382 e. The summed E-state index contributed by atoms with van der Waals surface area (Å²) in [5, 5.41) is 8.53. The Morgan fingerprint density at radius 2 is 1.75 bits per heavy atom. The number of ether oxygens (including phenoxy) is 2. The topological polar surface area (TPSA) is 82.9 Å². The summed E-state index contributed by atoms with van der Waals surface area (Å²) < 4.78 is 10.0. The Morgan fingerprint density at radius 1 is 1.10 bits per heavy atom. The summed E-state index contributed by atoms with van der Waals surface area (Å²) in [6.07, 6.45) is 0.620. The number of hydrogen-bond donors (Lipinski definition) is 0. The van der Waals surface area contributed by atoms with E-state index in [1.165, 1.54) is 0 Å². The average molecular weight is 283 g/mol. The van der Waals surface area contributed by atoms with Crippen molar-refractivity contribution in [2.24, 2.45) is 0 Å². The Kier molecular flexibility index (Phi) is 7.62. The number of hydrogen-bond acceptors (Lipinski definition) is 5. The highest BCUT2D eigenvalue weighted by Gasteiger charge is 2.21. The predicted molar refractivity (Wildman–Crippen MR) is 70.7 cm³/mol. The number of carbonyl (C=O) groups excluding carboxylic acids is 2. The van der Waals surface area contributed by atoms with Gasteiger partial charge in [-0.05, 0) is 6.42 Å². The van der Waals surface area contributed by atoms with Gasteiger partial charge in [-0.2, -0.15) is 5.26 Å². The predicted octanol–water partition coefficient (Wildman–Crippen LogP) is -0.376. The molecule has 20 heavy (non-hydrogen) atoms. The second kappa shape index (κ2) is 9.28. The summed E-state index contributed by atoms with van der Waals surface area (Å²) in [4.78, 5) is 26.9. The van der Waals surface area contributed by atoms with E-state index >= 15 is 0 Å². The van der Waals surface area contributed by atoms with Crippen LogP contribution in [0.5, 0.6) is 0 Å². The van der Waals surface area contributed by atoms with Crippen LogP contribution in [0, 0.1) is 11.3 Å². The fraction of sp³-hybridized carbons (Fsp3) is 0.769. The molecule has 0 spiro atoms. The molecule has 2 amide bonds. The second-order valence-corrected chi connectivity index (χ2v) is 4.50. The maximum atomic E-state index is 11.9. The highest BCUT2D eigenvalue weighted by molar-refractivity contribution is 5.79. The first-order valence-electron chi connectivity index (χ1n) is 6.68. The van der Waals surface area contributed by atoms with Gasteiger partial charge in [-0.15, -0.1) is 0 Å². The van der Waals surface area contributed by atoms with Crippen molar-refractivity contribution in [2.45, 2.75) is 12.8 Å². The highest BCUT2D eigenvalue weighted by atomic mass is 16.5. The lowest BCUT2D eigenvalue weighted by molar-refractivity contribution is -0.137. The van der Waals surface area contributed by atoms with Crippen molar-refractivity contribution in [3.05, 3.63) is 0 Å². The van der Waals surface area contributed by atoms with Gasteiger partial charge in [0.25, 0.3) is 0 Å². The van der Waals surface area contributed by atoms with Crippen LogP contribution in [0.15, 0.2) is 0 Å². The minimum Gasteiger partial charge on any atom is -0.382 e. The molecule has 0 saturated carbocycles. The van der Waals surface area contributed by atoms with Gasteiger partial charge in [0.15, 0.2) is 0 Å².